The molecule has 1 saturated heterocycles. The first kappa shape index (κ1) is 19.6. The van der Waals surface area contributed by atoms with Gasteiger partial charge in [0.05, 0.1) is 22.5 Å². The topological polar surface area (TPSA) is 29.9 Å². The Balaban J connectivity index is 0.00000210. The predicted octanol–water partition coefficient (Wildman–Crippen LogP) is 5.07. The summed E-state index contributed by atoms with van der Waals surface area (Å²) >= 11 is 0. The van der Waals surface area contributed by atoms with Gasteiger partial charge in [-0.3, -0.25) is 0 Å². The van der Waals surface area contributed by atoms with Crippen molar-refractivity contribution >= 4 is 23.3 Å². The summed E-state index contributed by atoms with van der Waals surface area (Å²) in [7, 11) is 0. The normalized spacial score (nSPS) is 15.7. The number of aromatic nitrogens is 2. The second-order valence-electron chi connectivity index (χ2n) is 6.53. The van der Waals surface area contributed by atoms with Crippen LogP contribution in [0.2, 0.25) is 0 Å². The summed E-state index contributed by atoms with van der Waals surface area (Å²) in [6.07, 6.45) is -2.54. The lowest BCUT2D eigenvalue weighted by Crippen LogP contribution is -2.26. The third-order valence-electron chi connectivity index (χ3n) is 4.84. The number of nitrogens with zero attached hydrogens (tertiary/aromatic N) is 2. The number of halogens is 5. The van der Waals surface area contributed by atoms with E-state index >= 15 is 0 Å². The first-order valence-electron chi connectivity index (χ1n) is 8.50. The van der Waals surface area contributed by atoms with E-state index in [9.17, 15) is 17.6 Å². The van der Waals surface area contributed by atoms with Gasteiger partial charge in [0.25, 0.3) is 0 Å². The minimum atomic E-state index is -4.39. The molecule has 8 heteroatoms. The third kappa shape index (κ3) is 3.80. The van der Waals surface area contributed by atoms with Crippen molar-refractivity contribution in [3.05, 3.63) is 59.5 Å². The van der Waals surface area contributed by atoms with Crippen LogP contribution in [-0.2, 0) is 6.18 Å². The van der Waals surface area contributed by atoms with E-state index in [4.69, 9.17) is 0 Å². The molecule has 0 saturated carbocycles. The van der Waals surface area contributed by atoms with Gasteiger partial charge < -0.3 is 5.32 Å². The second-order valence-corrected chi connectivity index (χ2v) is 6.53. The van der Waals surface area contributed by atoms with Gasteiger partial charge in [0.1, 0.15) is 5.82 Å². The van der Waals surface area contributed by atoms with Gasteiger partial charge >= 0.3 is 6.18 Å². The average Bonchev–Trinajstić information content (AvgIpc) is 3.00. The molecule has 1 aromatic heterocycles. The van der Waals surface area contributed by atoms with Crippen LogP contribution in [0.25, 0.3) is 16.6 Å². The van der Waals surface area contributed by atoms with E-state index in [0.29, 0.717) is 11.2 Å². The molecule has 2 aromatic carbocycles. The molecule has 0 bridgehead atoms. The molecular formula is C19H18ClF4N3. The minimum absolute atomic E-state index is 0. The lowest BCUT2D eigenvalue weighted by molar-refractivity contribution is -0.137. The Morgan fingerprint density at radius 1 is 1.00 bits per heavy atom. The Kier molecular flexibility index (Phi) is 5.44. The van der Waals surface area contributed by atoms with Gasteiger partial charge in [-0.25, -0.2) is 9.07 Å². The van der Waals surface area contributed by atoms with Crippen LogP contribution in [-0.4, -0.2) is 22.9 Å². The highest BCUT2D eigenvalue weighted by Crippen LogP contribution is 2.34. The van der Waals surface area contributed by atoms with Gasteiger partial charge in [0.2, 0.25) is 0 Å². The zero-order chi connectivity index (χ0) is 18.3. The molecule has 1 aliphatic heterocycles. The van der Waals surface area contributed by atoms with Crippen LogP contribution in [0.5, 0.6) is 0 Å². The van der Waals surface area contributed by atoms with Crippen molar-refractivity contribution in [3.63, 3.8) is 0 Å². The first-order valence-corrected chi connectivity index (χ1v) is 8.50. The van der Waals surface area contributed by atoms with Crippen LogP contribution in [0.3, 0.4) is 0 Å². The highest BCUT2D eigenvalue weighted by atomic mass is 35.5. The van der Waals surface area contributed by atoms with Crippen LogP contribution >= 0.6 is 12.4 Å². The maximum atomic E-state index is 13.8. The molecule has 2 heterocycles. The zero-order valence-corrected chi connectivity index (χ0v) is 15.1. The molecule has 3 aromatic rings. The molecule has 0 amide bonds. The maximum Gasteiger partial charge on any atom is 0.416 e. The first-order chi connectivity index (χ1) is 12.4. The van der Waals surface area contributed by atoms with E-state index < -0.39 is 17.6 Å². The van der Waals surface area contributed by atoms with Gasteiger partial charge in [0.15, 0.2) is 0 Å². The van der Waals surface area contributed by atoms with Crippen molar-refractivity contribution in [2.45, 2.75) is 24.9 Å². The van der Waals surface area contributed by atoms with Gasteiger partial charge in [0, 0.05) is 17.4 Å². The second kappa shape index (κ2) is 7.48. The number of benzene rings is 2. The van der Waals surface area contributed by atoms with Crippen LogP contribution < -0.4 is 5.32 Å². The number of piperidine rings is 1. The molecule has 0 atom stereocenters. The van der Waals surface area contributed by atoms with Crippen molar-refractivity contribution in [2.24, 2.45) is 0 Å². The third-order valence-corrected chi connectivity index (χ3v) is 4.84. The number of alkyl halides is 3. The number of hydrogen-bond acceptors (Lipinski definition) is 2. The van der Waals surface area contributed by atoms with Crippen molar-refractivity contribution in [2.75, 3.05) is 13.1 Å². The van der Waals surface area contributed by atoms with Crippen LogP contribution in [0.15, 0.2) is 42.5 Å². The van der Waals surface area contributed by atoms with Crippen LogP contribution in [0.1, 0.15) is 30.0 Å². The van der Waals surface area contributed by atoms with E-state index in [0.717, 1.165) is 49.1 Å². The van der Waals surface area contributed by atoms with Crippen LogP contribution in [0.4, 0.5) is 17.6 Å². The SMILES string of the molecule is Cl.Fc1ccc2c(C3CCNCC3)nn(-c3ccc(C(F)(F)F)cc3)c2c1. The Morgan fingerprint density at radius 3 is 2.30 bits per heavy atom. The largest absolute Gasteiger partial charge is 0.416 e. The number of rotatable bonds is 2. The summed E-state index contributed by atoms with van der Waals surface area (Å²) in [4.78, 5) is 0. The molecule has 1 aliphatic rings. The Hall–Kier alpha value is -2.12. The summed E-state index contributed by atoms with van der Waals surface area (Å²) in [5, 5.41) is 8.80. The summed E-state index contributed by atoms with van der Waals surface area (Å²) < 4.78 is 53.7. The minimum Gasteiger partial charge on any atom is -0.317 e. The summed E-state index contributed by atoms with van der Waals surface area (Å²) in [6.45, 7) is 1.78. The Morgan fingerprint density at radius 2 is 1.67 bits per heavy atom. The summed E-state index contributed by atoms with van der Waals surface area (Å²) in [5.41, 5.74) is 1.20. The summed E-state index contributed by atoms with van der Waals surface area (Å²) in [5.74, 6) is -0.151. The molecule has 4 rings (SSSR count). The van der Waals surface area contributed by atoms with Crippen molar-refractivity contribution in [3.8, 4) is 5.69 Å². The molecule has 1 fully saturated rings. The number of nitrogens with one attached hydrogen (secondary N) is 1. The van der Waals surface area contributed by atoms with E-state index in [1.165, 1.54) is 28.9 Å². The fourth-order valence-electron chi connectivity index (χ4n) is 3.50. The lowest BCUT2D eigenvalue weighted by Gasteiger charge is -2.21. The van der Waals surface area contributed by atoms with Crippen molar-refractivity contribution in [1.29, 1.82) is 0 Å². The monoisotopic (exact) mass is 399 g/mol. The van der Waals surface area contributed by atoms with Gasteiger partial charge in [-0.2, -0.15) is 18.3 Å². The maximum absolute atomic E-state index is 13.8. The number of hydrogen-bond donors (Lipinski definition) is 1. The molecule has 144 valence electrons. The van der Waals surface area contributed by atoms with E-state index in [-0.39, 0.29) is 18.3 Å². The fourth-order valence-corrected chi connectivity index (χ4v) is 3.50. The van der Waals surface area contributed by atoms with E-state index in [1.54, 1.807) is 6.07 Å². The van der Waals surface area contributed by atoms with Gasteiger partial charge in [-0.05, 0) is 62.3 Å². The molecule has 0 aliphatic carbocycles. The fraction of sp³-hybridized carbons (Fsp3) is 0.316. The Bertz CT molecular complexity index is 929. The quantitative estimate of drug-likeness (QED) is 0.609. The van der Waals surface area contributed by atoms with Crippen molar-refractivity contribution in [1.82, 2.24) is 15.1 Å². The molecule has 0 radical (unpaired) electrons. The molecule has 1 N–H and O–H groups in total. The van der Waals surface area contributed by atoms with E-state index in [2.05, 4.69) is 10.4 Å². The molecular weight excluding hydrogens is 382 g/mol. The zero-order valence-electron chi connectivity index (χ0n) is 14.3. The van der Waals surface area contributed by atoms with Gasteiger partial charge in [-0.15, -0.1) is 12.4 Å². The van der Waals surface area contributed by atoms with Gasteiger partial charge in [-0.1, -0.05) is 0 Å². The van der Waals surface area contributed by atoms with E-state index in [1.807, 2.05) is 0 Å². The Labute approximate surface area is 159 Å². The molecule has 0 unspecified atom stereocenters. The molecule has 0 spiro atoms. The lowest BCUT2D eigenvalue weighted by atomic mass is 9.92. The standard InChI is InChI=1S/C19H17F4N3.ClH/c20-14-3-6-16-17(11-14)26(25-18(16)12-7-9-24-10-8-12)15-4-1-13(2-5-15)19(21,22)23;/h1-6,11-12,24H,7-10H2;1H. The predicted molar refractivity (Wildman–Crippen MR) is 98.1 cm³/mol. The van der Waals surface area contributed by atoms with Crippen molar-refractivity contribution < 1.29 is 17.6 Å². The average molecular weight is 400 g/mol. The number of fused-ring (bicyclic) bond motifs is 1. The molecule has 3 nitrogen and oxygen atoms in total. The highest BCUT2D eigenvalue weighted by Gasteiger charge is 2.30. The molecule has 27 heavy (non-hydrogen) atoms. The van der Waals surface area contributed by atoms with Crippen LogP contribution in [0, 0.1) is 5.82 Å². The highest BCUT2D eigenvalue weighted by molar-refractivity contribution is 5.85. The summed E-state index contributed by atoms with van der Waals surface area (Å²) in [6, 6.07) is 9.25. The smallest absolute Gasteiger partial charge is 0.317 e.